The fourth-order valence-electron chi connectivity index (χ4n) is 2.89. The van der Waals surface area contributed by atoms with Crippen molar-refractivity contribution in [2.45, 2.75) is 12.0 Å². The maximum absolute atomic E-state index is 12.9. The Hall–Kier alpha value is -3.10. The number of imide groups is 2. The van der Waals surface area contributed by atoms with Gasteiger partial charge in [-0.15, -0.1) is 0 Å². The maximum Gasteiger partial charge on any atom is 0.325 e. The van der Waals surface area contributed by atoms with Gasteiger partial charge in [-0.3, -0.25) is 19.8 Å². The van der Waals surface area contributed by atoms with Gasteiger partial charge in [0.2, 0.25) is 5.91 Å². The summed E-state index contributed by atoms with van der Waals surface area (Å²) >= 11 is 0. The number of carbonyl (C=O) groups excluding carboxylic acids is 4. The van der Waals surface area contributed by atoms with E-state index in [-0.39, 0.29) is 13.0 Å². The number of nitrogens with zero attached hydrogens (tertiary/aromatic N) is 1. The van der Waals surface area contributed by atoms with Crippen molar-refractivity contribution in [3.8, 4) is 5.75 Å². The number of urea groups is 2. The van der Waals surface area contributed by atoms with E-state index in [4.69, 9.17) is 4.74 Å². The van der Waals surface area contributed by atoms with Crippen LogP contribution in [0.5, 0.6) is 5.75 Å². The van der Waals surface area contributed by atoms with Crippen LogP contribution in [0.15, 0.2) is 24.3 Å². The number of hydrogen-bond donors (Lipinski definition) is 3. The molecule has 24 heavy (non-hydrogen) atoms. The van der Waals surface area contributed by atoms with Crippen LogP contribution in [0.2, 0.25) is 0 Å². The first-order valence-corrected chi connectivity index (χ1v) is 7.36. The summed E-state index contributed by atoms with van der Waals surface area (Å²) in [7, 11) is 1.35. The lowest BCUT2D eigenvalue weighted by Crippen LogP contribution is -2.48. The van der Waals surface area contributed by atoms with E-state index in [0.717, 1.165) is 4.90 Å². The molecule has 1 spiro atoms. The third-order valence-corrected chi connectivity index (χ3v) is 4.04. The number of amides is 6. The fraction of sp³-hybridized carbons (Fsp3) is 0.333. The quantitative estimate of drug-likeness (QED) is 0.641. The van der Waals surface area contributed by atoms with Crippen molar-refractivity contribution in [1.29, 1.82) is 0 Å². The second-order valence-corrected chi connectivity index (χ2v) is 5.45. The highest BCUT2D eigenvalue weighted by molar-refractivity contribution is 6.10. The number of ether oxygens (including phenoxy) is 1. The lowest BCUT2D eigenvalue weighted by molar-refractivity contribution is -0.135. The second kappa shape index (κ2) is 5.84. The van der Waals surface area contributed by atoms with E-state index in [1.807, 2.05) is 5.32 Å². The molecule has 9 heteroatoms. The number of para-hydroxylation sites is 1. The summed E-state index contributed by atoms with van der Waals surface area (Å²) in [5.41, 5.74) is -0.678. The van der Waals surface area contributed by atoms with Gasteiger partial charge in [-0.25, -0.2) is 9.59 Å². The van der Waals surface area contributed by atoms with Gasteiger partial charge in [0.25, 0.3) is 5.91 Å². The molecule has 3 rings (SSSR count). The van der Waals surface area contributed by atoms with Gasteiger partial charge in [-0.2, -0.15) is 0 Å². The van der Waals surface area contributed by atoms with Gasteiger partial charge in [0, 0.05) is 19.0 Å². The van der Waals surface area contributed by atoms with Crippen molar-refractivity contribution in [2.24, 2.45) is 0 Å². The van der Waals surface area contributed by atoms with E-state index in [1.165, 1.54) is 7.05 Å². The van der Waals surface area contributed by atoms with Crippen LogP contribution in [-0.2, 0) is 15.1 Å². The number of fused-ring (bicyclic) bond motifs is 2. The van der Waals surface area contributed by atoms with Gasteiger partial charge in [0.1, 0.15) is 12.3 Å². The van der Waals surface area contributed by atoms with Crippen molar-refractivity contribution in [2.75, 3.05) is 20.2 Å². The Morgan fingerprint density at radius 2 is 2.08 bits per heavy atom. The van der Waals surface area contributed by atoms with E-state index < -0.39 is 36.0 Å². The van der Waals surface area contributed by atoms with Crippen molar-refractivity contribution in [3.05, 3.63) is 29.8 Å². The molecule has 2 aliphatic heterocycles. The van der Waals surface area contributed by atoms with Gasteiger partial charge >= 0.3 is 12.1 Å². The van der Waals surface area contributed by atoms with E-state index in [2.05, 4.69) is 10.6 Å². The molecule has 6 amide bonds. The highest BCUT2D eigenvalue weighted by Gasteiger charge is 2.55. The van der Waals surface area contributed by atoms with Crippen LogP contribution in [0.4, 0.5) is 9.59 Å². The van der Waals surface area contributed by atoms with Gasteiger partial charge in [-0.05, 0) is 6.07 Å². The minimum atomic E-state index is -1.24. The van der Waals surface area contributed by atoms with E-state index >= 15 is 0 Å². The lowest BCUT2D eigenvalue weighted by Gasteiger charge is -2.33. The minimum Gasteiger partial charge on any atom is -0.493 e. The first kappa shape index (κ1) is 15.8. The van der Waals surface area contributed by atoms with Crippen LogP contribution < -0.4 is 20.7 Å². The first-order valence-electron chi connectivity index (χ1n) is 7.36. The molecule has 1 aromatic rings. The SMILES string of the molecule is CNC(=O)NC(=O)CN1C(=O)NC2(CCOc3ccccc32)C1=O. The first-order chi connectivity index (χ1) is 11.5. The Morgan fingerprint density at radius 1 is 1.33 bits per heavy atom. The van der Waals surface area contributed by atoms with Crippen LogP contribution in [0.1, 0.15) is 12.0 Å². The van der Waals surface area contributed by atoms with Gasteiger partial charge in [-0.1, -0.05) is 18.2 Å². The predicted molar refractivity (Wildman–Crippen MR) is 81.1 cm³/mol. The van der Waals surface area contributed by atoms with Crippen molar-refractivity contribution in [1.82, 2.24) is 20.9 Å². The second-order valence-electron chi connectivity index (χ2n) is 5.45. The molecular formula is C15H16N4O5. The highest BCUT2D eigenvalue weighted by atomic mass is 16.5. The van der Waals surface area contributed by atoms with Crippen molar-refractivity contribution < 1.29 is 23.9 Å². The molecule has 0 aromatic heterocycles. The Kier molecular flexibility index (Phi) is 3.84. The predicted octanol–water partition coefficient (Wildman–Crippen LogP) is -0.328. The Labute approximate surface area is 137 Å². The van der Waals surface area contributed by atoms with Gasteiger partial charge < -0.3 is 15.4 Å². The monoisotopic (exact) mass is 332 g/mol. The van der Waals surface area contributed by atoms with E-state index in [1.54, 1.807) is 24.3 Å². The molecule has 0 saturated carbocycles. The number of nitrogens with one attached hydrogen (secondary N) is 3. The fourth-order valence-corrected chi connectivity index (χ4v) is 2.89. The third-order valence-electron chi connectivity index (χ3n) is 4.04. The normalized spacial score (nSPS) is 21.8. The zero-order valence-corrected chi connectivity index (χ0v) is 12.9. The minimum absolute atomic E-state index is 0.265. The molecule has 1 fully saturated rings. The van der Waals surface area contributed by atoms with Gasteiger partial charge in [0.15, 0.2) is 5.54 Å². The highest BCUT2D eigenvalue weighted by Crippen LogP contribution is 2.40. The molecule has 0 radical (unpaired) electrons. The summed E-state index contributed by atoms with van der Waals surface area (Å²) in [6, 6.07) is 5.56. The molecule has 1 saturated heterocycles. The average molecular weight is 332 g/mol. The average Bonchev–Trinajstić information content (AvgIpc) is 2.80. The topological polar surface area (TPSA) is 117 Å². The summed E-state index contributed by atoms with van der Waals surface area (Å²) in [5.74, 6) is -0.764. The van der Waals surface area contributed by atoms with Crippen molar-refractivity contribution >= 4 is 23.9 Å². The van der Waals surface area contributed by atoms with Crippen LogP contribution in [0, 0.1) is 0 Å². The zero-order chi connectivity index (χ0) is 17.3. The Morgan fingerprint density at radius 3 is 2.83 bits per heavy atom. The van der Waals surface area contributed by atoms with Crippen molar-refractivity contribution in [3.63, 3.8) is 0 Å². The van der Waals surface area contributed by atoms with E-state index in [9.17, 15) is 19.2 Å². The summed E-state index contributed by atoms with van der Waals surface area (Å²) in [6.07, 6.45) is 0.266. The van der Waals surface area contributed by atoms with Crippen LogP contribution in [0.25, 0.3) is 0 Å². The standard InChI is InChI=1S/C15H16N4O5/c1-16-13(22)17-11(20)8-19-12(21)15(18-14(19)23)6-7-24-10-5-3-2-4-9(10)15/h2-5H,6-8H2,1H3,(H,18,23)(H2,16,17,20,22). The smallest absolute Gasteiger partial charge is 0.325 e. The molecular weight excluding hydrogens is 316 g/mol. The molecule has 1 aromatic carbocycles. The summed E-state index contributed by atoms with van der Waals surface area (Å²) in [5, 5.41) is 6.92. The Balaban J connectivity index is 1.85. The maximum atomic E-state index is 12.9. The molecule has 3 N–H and O–H groups in total. The number of benzene rings is 1. The molecule has 9 nitrogen and oxygen atoms in total. The van der Waals surface area contributed by atoms with Crippen LogP contribution in [0.3, 0.4) is 0 Å². The number of carbonyl (C=O) groups is 4. The summed E-state index contributed by atoms with van der Waals surface area (Å²) < 4.78 is 5.52. The van der Waals surface area contributed by atoms with E-state index in [0.29, 0.717) is 11.3 Å². The molecule has 1 atom stereocenters. The zero-order valence-electron chi connectivity index (χ0n) is 12.9. The molecule has 126 valence electrons. The summed E-state index contributed by atoms with van der Waals surface area (Å²) in [6.45, 7) is -0.274. The number of rotatable bonds is 2. The number of hydrogen-bond acceptors (Lipinski definition) is 5. The largest absolute Gasteiger partial charge is 0.493 e. The summed E-state index contributed by atoms with van der Waals surface area (Å²) in [4.78, 5) is 48.9. The molecule has 0 bridgehead atoms. The molecule has 0 aliphatic carbocycles. The van der Waals surface area contributed by atoms with Crippen LogP contribution >= 0.6 is 0 Å². The lowest BCUT2D eigenvalue weighted by atomic mass is 9.84. The third kappa shape index (κ3) is 2.43. The van der Waals surface area contributed by atoms with Gasteiger partial charge in [0.05, 0.1) is 6.61 Å². The molecule has 2 aliphatic rings. The Bertz CT molecular complexity index is 734. The molecule has 2 heterocycles. The molecule has 1 unspecified atom stereocenters. The van der Waals surface area contributed by atoms with Crippen LogP contribution in [-0.4, -0.2) is 49.0 Å².